The number of ether oxygens (including phenoxy) is 1. The van der Waals surface area contributed by atoms with Crippen LogP contribution in [0.2, 0.25) is 0 Å². The lowest BCUT2D eigenvalue weighted by atomic mass is 10.2. The minimum absolute atomic E-state index is 0.225. The summed E-state index contributed by atoms with van der Waals surface area (Å²) in [5.74, 6) is 0.477. The molecule has 0 spiro atoms. The number of benzene rings is 3. The third-order valence-electron chi connectivity index (χ3n) is 4.02. The van der Waals surface area contributed by atoms with Crippen LogP contribution in [0.3, 0.4) is 0 Å². The van der Waals surface area contributed by atoms with Gasteiger partial charge in [-0.15, -0.1) is 0 Å². The van der Waals surface area contributed by atoms with Gasteiger partial charge < -0.3 is 15.4 Å². The second-order valence-corrected chi connectivity index (χ2v) is 6.41. The van der Waals surface area contributed by atoms with Crippen molar-refractivity contribution in [2.45, 2.75) is 6.61 Å². The fourth-order valence-electron chi connectivity index (χ4n) is 2.59. The molecular formula is C22H21N3O2S. The molecule has 0 saturated carbocycles. The van der Waals surface area contributed by atoms with E-state index < -0.39 is 0 Å². The van der Waals surface area contributed by atoms with E-state index in [2.05, 4.69) is 16.0 Å². The summed E-state index contributed by atoms with van der Waals surface area (Å²) in [6, 6.07) is 24.5. The molecule has 6 heteroatoms. The van der Waals surface area contributed by atoms with Gasteiger partial charge in [-0.25, -0.2) is 0 Å². The number of rotatable bonds is 6. The second kappa shape index (κ2) is 9.53. The summed E-state index contributed by atoms with van der Waals surface area (Å²) in [5, 5.41) is 9.06. The Balaban J connectivity index is 1.62. The topological polar surface area (TPSA) is 62.4 Å². The molecule has 3 N–H and O–H groups in total. The van der Waals surface area contributed by atoms with Gasteiger partial charge in [-0.05, 0) is 42.0 Å². The third kappa shape index (κ3) is 5.31. The fourth-order valence-corrected chi connectivity index (χ4v) is 2.79. The van der Waals surface area contributed by atoms with Gasteiger partial charge in [-0.2, -0.15) is 0 Å². The van der Waals surface area contributed by atoms with Gasteiger partial charge >= 0.3 is 0 Å². The highest BCUT2D eigenvalue weighted by Gasteiger charge is 2.10. The van der Waals surface area contributed by atoms with E-state index in [0.717, 1.165) is 22.7 Å². The lowest BCUT2D eigenvalue weighted by molar-refractivity contribution is 0.0977. The predicted molar refractivity (Wildman–Crippen MR) is 117 cm³/mol. The van der Waals surface area contributed by atoms with Crippen molar-refractivity contribution in [2.24, 2.45) is 0 Å². The highest BCUT2D eigenvalue weighted by Crippen LogP contribution is 2.27. The lowest BCUT2D eigenvalue weighted by Crippen LogP contribution is -2.34. The summed E-state index contributed by atoms with van der Waals surface area (Å²) in [5.41, 5.74) is 3.19. The normalized spacial score (nSPS) is 10.0. The minimum atomic E-state index is -0.257. The van der Waals surface area contributed by atoms with Gasteiger partial charge in [0.2, 0.25) is 0 Å². The molecule has 142 valence electrons. The molecule has 0 bridgehead atoms. The first kappa shape index (κ1) is 19.4. The van der Waals surface area contributed by atoms with Gasteiger partial charge in [0.25, 0.3) is 5.91 Å². The maximum atomic E-state index is 12.2. The quantitative estimate of drug-likeness (QED) is 0.543. The number of hydrogen-bond donors (Lipinski definition) is 3. The first-order chi connectivity index (χ1) is 13.7. The molecule has 3 aromatic rings. The minimum Gasteiger partial charge on any atom is -0.489 e. The van der Waals surface area contributed by atoms with E-state index in [1.54, 1.807) is 24.3 Å². The number of carbonyl (C=O) groups excluding carboxylic acids is 1. The molecule has 0 aliphatic heterocycles. The van der Waals surface area contributed by atoms with Crippen LogP contribution >= 0.6 is 12.2 Å². The summed E-state index contributed by atoms with van der Waals surface area (Å²) in [6.45, 7) is 0.488. The smallest absolute Gasteiger partial charge is 0.257 e. The van der Waals surface area contributed by atoms with Crippen LogP contribution in [0.4, 0.5) is 11.4 Å². The number of anilines is 2. The van der Waals surface area contributed by atoms with Crippen LogP contribution in [0.5, 0.6) is 5.75 Å². The Labute approximate surface area is 169 Å². The average molecular weight is 391 g/mol. The van der Waals surface area contributed by atoms with E-state index in [9.17, 15) is 4.79 Å². The maximum absolute atomic E-state index is 12.2. The van der Waals surface area contributed by atoms with Crippen LogP contribution in [0.1, 0.15) is 15.9 Å². The van der Waals surface area contributed by atoms with Gasteiger partial charge in [0.05, 0.1) is 11.4 Å². The average Bonchev–Trinajstić information content (AvgIpc) is 2.74. The number of thiocarbonyl (C=S) groups is 1. The number of amides is 1. The van der Waals surface area contributed by atoms with Crippen molar-refractivity contribution < 1.29 is 9.53 Å². The molecule has 3 aromatic carbocycles. The summed E-state index contributed by atoms with van der Waals surface area (Å²) < 4.78 is 5.85. The van der Waals surface area contributed by atoms with Gasteiger partial charge in [0.1, 0.15) is 12.4 Å². The zero-order chi connectivity index (χ0) is 19.8. The summed E-state index contributed by atoms with van der Waals surface area (Å²) in [7, 11) is 1.81. The first-order valence-corrected chi connectivity index (χ1v) is 9.22. The number of carbonyl (C=O) groups is 1. The monoisotopic (exact) mass is 391 g/mol. The second-order valence-electron chi connectivity index (χ2n) is 6.01. The van der Waals surface area contributed by atoms with Crippen molar-refractivity contribution in [1.82, 2.24) is 5.32 Å². The molecule has 0 fully saturated rings. The number of hydrogen-bond acceptors (Lipinski definition) is 4. The summed E-state index contributed by atoms with van der Waals surface area (Å²) in [4.78, 5) is 12.2. The van der Waals surface area contributed by atoms with E-state index in [-0.39, 0.29) is 11.0 Å². The molecule has 0 atom stereocenters. The molecule has 0 aliphatic carbocycles. The molecule has 3 rings (SSSR count). The predicted octanol–water partition coefficient (Wildman–Crippen LogP) is 4.43. The third-order valence-corrected chi connectivity index (χ3v) is 4.22. The van der Waals surface area contributed by atoms with Crippen LogP contribution in [-0.2, 0) is 6.61 Å². The van der Waals surface area contributed by atoms with E-state index in [1.807, 2.05) is 61.6 Å². The Bertz CT molecular complexity index is 947. The van der Waals surface area contributed by atoms with Crippen LogP contribution in [0, 0.1) is 0 Å². The highest BCUT2D eigenvalue weighted by molar-refractivity contribution is 7.80. The van der Waals surface area contributed by atoms with Gasteiger partial charge in [-0.1, -0.05) is 48.5 Å². The van der Waals surface area contributed by atoms with E-state index in [1.165, 1.54) is 0 Å². The molecule has 0 aromatic heterocycles. The van der Waals surface area contributed by atoms with E-state index in [0.29, 0.717) is 12.2 Å². The zero-order valence-corrected chi connectivity index (χ0v) is 16.3. The van der Waals surface area contributed by atoms with Crippen molar-refractivity contribution in [1.29, 1.82) is 0 Å². The SMILES string of the molecule is CNc1cc(OCc2ccccc2)ccc1NC(=S)NC(=O)c1ccccc1. The molecule has 5 nitrogen and oxygen atoms in total. The molecule has 0 saturated heterocycles. The van der Waals surface area contributed by atoms with Gasteiger partial charge in [0, 0.05) is 18.7 Å². The molecule has 0 radical (unpaired) electrons. The van der Waals surface area contributed by atoms with E-state index in [4.69, 9.17) is 17.0 Å². The van der Waals surface area contributed by atoms with E-state index >= 15 is 0 Å². The van der Waals surface area contributed by atoms with Crippen molar-refractivity contribution in [3.05, 3.63) is 90.0 Å². The molecule has 0 unspecified atom stereocenters. The Morgan fingerprint density at radius 1 is 0.929 bits per heavy atom. The maximum Gasteiger partial charge on any atom is 0.257 e. The summed E-state index contributed by atoms with van der Waals surface area (Å²) >= 11 is 5.27. The van der Waals surface area contributed by atoms with Crippen LogP contribution in [0.15, 0.2) is 78.9 Å². The largest absolute Gasteiger partial charge is 0.489 e. The van der Waals surface area contributed by atoms with Crippen molar-refractivity contribution in [3.63, 3.8) is 0 Å². The van der Waals surface area contributed by atoms with Crippen molar-refractivity contribution in [2.75, 3.05) is 17.7 Å². The molecule has 0 heterocycles. The lowest BCUT2D eigenvalue weighted by Gasteiger charge is -2.15. The Kier molecular flexibility index (Phi) is 6.59. The standard InChI is InChI=1S/C22H21N3O2S/c1-23-20-14-18(27-15-16-8-4-2-5-9-16)12-13-19(20)24-22(28)25-21(26)17-10-6-3-7-11-17/h2-14,23H,15H2,1H3,(H2,24,25,26,28). The fraction of sp³-hybridized carbons (Fsp3) is 0.0909. The van der Waals surface area contributed by atoms with Crippen molar-refractivity contribution >= 4 is 34.6 Å². The Morgan fingerprint density at radius 3 is 2.29 bits per heavy atom. The van der Waals surface area contributed by atoms with Crippen LogP contribution in [-0.4, -0.2) is 18.1 Å². The highest BCUT2D eigenvalue weighted by atomic mass is 32.1. The zero-order valence-electron chi connectivity index (χ0n) is 15.4. The molecule has 0 aliphatic rings. The first-order valence-electron chi connectivity index (χ1n) is 8.81. The molecular weight excluding hydrogens is 370 g/mol. The van der Waals surface area contributed by atoms with Crippen LogP contribution in [0.25, 0.3) is 0 Å². The Hall–Kier alpha value is -3.38. The molecule has 1 amide bonds. The van der Waals surface area contributed by atoms with Gasteiger partial charge in [0.15, 0.2) is 5.11 Å². The van der Waals surface area contributed by atoms with Gasteiger partial charge in [-0.3, -0.25) is 10.1 Å². The molecule has 28 heavy (non-hydrogen) atoms. The summed E-state index contributed by atoms with van der Waals surface area (Å²) in [6.07, 6.45) is 0. The van der Waals surface area contributed by atoms with Crippen LogP contribution < -0.4 is 20.7 Å². The Morgan fingerprint density at radius 2 is 1.61 bits per heavy atom. The number of nitrogens with one attached hydrogen (secondary N) is 3. The van der Waals surface area contributed by atoms with Crippen molar-refractivity contribution in [3.8, 4) is 5.75 Å².